The minimum atomic E-state index is -4.28. The highest BCUT2D eigenvalue weighted by Crippen LogP contribution is 2.33. The first-order valence-electron chi connectivity index (χ1n) is 11.5. The molecule has 1 saturated heterocycles. The molecule has 1 aliphatic heterocycles. The van der Waals surface area contributed by atoms with Crippen molar-refractivity contribution in [2.75, 3.05) is 24.9 Å². The van der Waals surface area contributed by atoms with Gasteiger partial charge in [0, 0.05) is 23.7 Å². The van der Waals surface area contributed by atoms with Crippen LogP contribution in [-0.4, -0.2) is 59.7 Å². The van der Waals surface area contributed by atoms with Gasteiger partial charge in [-0.15, -0.1) is 0 Å². The second-order valence-corrected chi connectivity index (χ2v) is 11.4. The molecule has 1 aliphatic rings. The second-order valence-electron chi connectivity index (χ2n) is 8.88. The minimum absolute atomic E-state index is 0.0173. The molecule has 3 heterocycles. The maximum atomic E-state index is 14.2. The van der Waals surface area contributed by atoms with Crippen molar-refractivity contribution >= 4 is 49.9 Å². The van der Waals surface area contributed by atoms with Gasteiger partial charge in [0.05, 0.1) is 16.4 Å². The van der Waals surface area contributed by atoms with Gasteiger partial charge in [0.2, 0.25) is 5.88 Å². The Morgan fingerprint density at radius 3 is 2.62 bits per heavy atom. The van der Waals surface area contributed by atoms with Crippen LogP contribution in [0.3, 0.4) is 0 Å². The topological polar surface area (TPSA) is 113 Å². The van der Waals surface area contributed by atoms with Gasteiger partial charge >= 0.3 is 0 Å². The van der Waals surface area contributed by atoms with E-state index in [0.717, 1.165) is 43.8 Å². The molecule has 0 atom stereocenters. The summed E-state index contributed by atoms with van der Waals surface area (Å²) in [5.41, 5.74) is 1.83. The highest BCUT2D eigenvalue weighted by atomic mass is 35.5. The fraction of sp³-hybridized carbons (Fsp3) is 0.292. The summed E-state index contributed by atoms with van der Waals surface area (Å²) in [6.07, 6.45) is 1.77. The van der Waals surface area contributed by atoms with Crippen molar-refractivity contribution in [3.63, 3.8) is 0 Å². The summed E-state index contributed by atoms with van der Waals surface area (Å²) in [7, 11) is -2.20. The van der Waals surface area contributed by atoms with Crippen molar-refractivity contribution < 1.29 is 17.5 Å². The number of sulfonamides is 1. The Morgan fingerprint density at radius 1 is 1.14 bits per heavy atom. The minimum Gasteiger partial charge on any atom is -0.474 e. The highest BCUT2D eigenvalue weighted by Gasteiger charge is 2.24. The molecule has 37 heavy (non-hydrogen) atoms. The van der Waals surface area contributed by atoms with Crippen LogP contribution in [0.1, 0.15) is 18.5 Å². The molecule has 194 valence electrons. The average Bonchev–Trinajstić information content (AvgIpc) is 3.24. The number of aryl methyl sites for hydroxylation is 1. The Morgan fingerprint density at radius 2 is 1.89 bits per heavy atom. The van der Waals surface area contributed by atoms with Gasteiger partial charge in [-0.1, -0.05) is 23.2 Å². The predicted octanol–water partition coefficient (Wildman–Crippen LogP) is 5.05. The van der Waals surface area contributed by atoms with Gasteiger partial charge in [0.1, 0.15) is 22.2 Å². The van der Waals surface area contributed by atoms with Crippen molar-refractivity contribution in [3.8, 4) is 17.3 Å². The fourth-order valence-corrected chi connectivity index (χ4v) is 5.84. The third kappa shape index (κ3) is 5.35. The van der Waals surface area contributed by atoms with E-state index < -0.39 is 20.7 Å². The van der Waals surface area contributed by atoms with E-state index in [1.165, 1.54) is 18.2 Å². The molecule has 2 aromatic carbocycles. The molecule has 9 nitrogen and oxygen atoms in total. The summed E-state index contributed by atoms with van der Waals surface area (Å²) in [5.74, 6) is -0.173. The number of aromatic nitrogens is 4. The van der Waals surface area contributed by atoms with Crippen molar-refractivity contribution in [1.29, 1.82) is 0 Å². The molecule has 0 aliphatic carbocycles. The maximum absolute atomic E-state index is 14.2. The van der Waals surface area contributed by atoms with Gasteiger partial charge < -0.3 is 9.64 Å². The normalized spacial score (nSPS) is 15.3. The monoisotopic (exact) mass is 564 g/mol. The number of fused-ring (bicyclic) bond motifs is 1. The molecule has 1 fully saturated rings. The SMILES string of the molecule is Cc1n[nH]c2nc(-c3ccc(NS(=O)(=O)c4cc(Cl)ccc4F)c(Cl)c3)nc(OC3CCN(C)CC3)c12. The molecule has 0 amide bonds. The van der Waals surface area contributed by atoms with Gasteiger partial charge in [-0.3, -0.25) is 9.82 Å². The van der Waals surface area contributed by atoms with Gasteiger partial charge in [0.25, 0.3) is 10.0 Å². The molecule has 4 aromatic rings. The standard InChI is InChI=1S/C24H23Cl2FN6O3S/c1-13-21-23(31-30-13)28-22(29-24(21)36-16-7-9-33(2)10-8-16)14-3-6-19(17(26)11-14)32-37(34,35)20-12-15(25)4-5-18(20)27/h3-6,11-12,16,32H,7-10H2,1-2H3,(H,28,29,30,31). The molecule has 0 unspecified atom stereocenters. The van der Waals surface area contributed by atoms with Crippen LogP contribution in [0.25, 0.3) is 22.4 Å². The number of ether oxygens (including phenoxy) is 1. The van der Waals surface area contributed by atoms with E-state index in [9.17, 15) is 12.8 Å². The largest absolute Gasteiger partial charge is 0.474 e. The number of piperidine rings is 1. The van der Waals surface area contributed by atoms with Crippen LogP contribution in [0.5, 0.6) is 5.88 Å². The molecular formula is C24H23Cl2FN6O3S. The number of hydrogen-bond acceptors (Lipinski definition) is 7. The van der Waals surface area contributed by atoms with Gasteiger partial charge in [-0.05, 0) is 63.2 Å². The van der Waals surface area contributed by atoms with Gasteiger partial charge in [0.15, 0.2) is 11.5 Å². The smallest absolute Gasteiger partial charge is 0.264 e. The number of hydrogen-bond donors (Lipinski definition) is 2. The van der Waals surface area contributed by atoms with Crippen LogP contribution in [0.15, 0.2) is 41.3 Å². The zero-order valence-electron chi connectivity index (χ0n) is 19.9. The fourth-order valence-electron chi connectivity index (χ4n) is 4.13. The number of benzene rings is 2. The van der Waals surface area contributed by atoms with E-state index in [1.807, 2.05) is 6.92 Å². The highest BCUT2D eigenvalue weighted by molar-refractivity contribution is 7.92. The van der Waals surface area contributed by atoms with E-state index in [-0.39, 0.29) is 21.8 Å². The second kappa shape index (κ2) is 10.1. The van der Waals surface area contributed by atoms with Crippen molar-refractivity contribution in [3.05, 3.63) is 58.0 Å². The lowest BCUT2D eigenvalue weighted by Crippen LogP contribution is -2.35. The van der Waals surface area contributed by atoms with Gasteiger partial charge in [-0.2, -0.15) is 10.1 Å². The van der Waals surface area contributed by atoms with E-state index >= 15 is 0 Å². The van der Waals surface area contributed by atoms with Crippen LogP contribution in [0.2, 0.25) is 10.0 Å². The molecule has 5 rings (SSSR count). The first-order chi connectivity index (χ1) is 17.6. The summed E-state index contributed by atoms with van der Waals surface area (Å²) < 4.78 is 48.3. The van der Waals surface area contributed by atoms with Crippen molar-refractivity contribution in [2.24, 2.45) is 0 Å². The summed E-state index contributed by atoms with van der Waals surface area (Å²) >= 11 is 12.3. The third-order valence-electron chi connectivity index (χ3n) is 6.17. The van der Waals surface area contributed by atoms with Crippen LogP contribution in [-0.2, 0) is 10.0 Å². The number of rotatable bonds is 6. The molecule has 13 heteroatoms. The predicted molar refractivity (Wildman–Crippen MR) is 140 cm³/mol. The summed E-state index contributed by atoms with van der Waals surface area (Å²) in [6.45, 7) is 3.72. The zero-order valence-corrected chi connectivity index (χ0v) is 22.3. The molecule has 0 bridgehead atoms. The average molecular weight is 565 g/mol. The number of anilines is 1. The van der Waals surface area contributed by atoms with Crippen LogP contribution in [0, 0.1) is 12.7 Å². The Labute approximate surface area is 223 Å². The molecule has 0 saturated carbocycles. The number of H-pyrrole nitrogens is 1. The maximum Gasteiger partial charge on any atom is 0.264 e. The lowest BCUT2D eigenvalue weighted by molar-refractivity contribution is 0.111. The summed E-state index contributed by atoms with van der Waals surface area (Å²) in [5, 5.41) is 8.03. The van der Waals surface area contributed by atoms with Gasteiger partial charge in [-0.25, -0.2) is 17.8 Å². The number of aromatic amines is 1. The summed E-state index contributed by atoms with van der Waals surface area (Å²) in [4.78, 5) is 10.9. The zero-order chi connectivity index (χ0) is 26.3. The quantitative estimate of drug-likeness (QED) is 0.337. The van der Waals surface area contributed by atoms with E-state index in [1.54, 1.807) is 6.07 Å². The Kier molecular flexibility index (Phi) is 6.97. The number of nitrogens with zero attached hydrogens (tertiary/aromatic N) is 4. The van der Waals surface area contributed by atoms with Crippen LogP contribution in [0.4, 0.5) is 10.1 Å². The van der Waals surface area contributed by atoms with Crippen LogP contribution >= 0.6 is 23.2 Å². The molecule has 2 aromatic heterocycles. The third-order valence-corrected chi connectivity index (χ3v) is 8.09. The van der Waals surface area contributed by atoms with E-state index in [4.69, 9.17) is 27.9 Å². The lowest BCUT2D eigenvalue weighted by Gasteiger charge is -2.29. The Hall–Kier alpha value is -2.99. The number of nitrogens with one attached hydrogen (secondary N) is 2. The van der Waals surface area contributed by atoms with Crippen LogP contribution < -0.4 is 9.46 Å². The number of halogens is 3. The van der Waals surface area contributed by atoms with E-state index in [0.29, 0.717) is 28.3 Å². The van der Waals surface area contributed by atoms with E-state index in [2.05, 4.69) is 36.8 Å². The van der Waals surface area contributed by atoms with Crippen molar-refractivity contribution in [2.45, 2.75) is 30.8 Å². The molecular weight excluding hydrogens is 542 g/mol. The molecule has 2 N–H and O–H groups in total. The summed E-state index contributed by atoms with van der Waals surface area (Å²) in [6, 6.07) is 7.88. The Bertz CT molecular complexity index is 1590. The molecule has 0 radical (unpaired) electrons. The first-order valence-corrected chi connectivity index (χ1v) is 13.7. The molecule has 0 spiro atoms. The van der Waals surface area contributed by atoms with Crippen molar-refractivity contribution in [1.82, 2.24) is 25.1 Å². The Balaban J connectivity index is 1.46. The number of likely N-dealkylation sites (tertiary alicyclic amines) is 1. The lowest BCUT2D eigenvalue weighted by atomic mass is 10.1. The first kappa shape index (κ1) is 25.7.